The van der Waals surface area contributed by atoms with Gasteiger partial charge < -0.3 is 10.2 Å². The molecule has 0 aliphatic rings. The van der Waals surface area contributed by atoms with Gasteiger partial charge in [0.25, 0.3) is 0 Å². The number of aryl methyl sites for hydroxylation is 1. The van der Waals surface area contributed by atoms with Gasteiger partial charge >= 0.3 is 5.97 Å². The Labute approximate surface area is 103 Å². The van der Waals surface area contributed by atoms with Crippen molar-refractivity contribution in [2.75, 3.05) is 0 Å². The van der Waals surface area contributed by atoms with E-state index in [0.29, 0.717) is 10.0 Å². The number of carboxylic acid groups (broad SMARTS) is 1. The number of benzene rings is 1. The summed E-state index contributed by atoms with van der Waals surface area (Å²) in [6.45, 7) is 5.47. The van der Waals surface area contributed by atoms with Crippen LogP contribution in [-0.4, -0.2) is 16.2 Å². The number of phenolic OH excluding ortho intramolecular Hbond substituents is 1. The van der Waals surface area contributed by atoms with Gasteiger partial charge in [0, 0.05) is 5.56 Å². The zero-order valence-electron chi connectivity index (χ0n) is 9.49. The lowest BCUT2D eigenvalue weighted by Crippen LogP contribution is -2.18. The molecule has 2 N–H and O–H groups in total. The Morgan fingerprint density at radius 1 is 1.38 bits per heavy atom. The van der Waals surface area contributed by atoms with Crippen molar-refractivity contribution >= 4 is 21.9 Å². The third kappa shape index (κ3) is 2.38. The summed E-state index contributed by atoms with van der Waals surface area (Å²) in [4.78, 5) is 11.2. The Hall–Kier alpha value is -1.03. The molecular weight excluding hydrogens is 272 g/mol. The van der Waals surface area contributed by atoms with Gasteiger partial charge in [-0.1, -0.05) is 19.9 Å². The zero-order valence-corrected chi connectivity index (χ0v) is 11.1. The number of phenols is 1. The molecule has 0 saturated heterocycles. The molecule has 0 radical (unpaired) electrons. The van der Waals surface area contributed by atoms with Crippen molar-refractivity contribution in [3.05, 3.63) is 27.7 Å². The van der Waals surface area contributed by atoms with E-state index in [-0.39, 0.29) is 11.7 Å². The molecule has 1 atom stereocenters. The molecule has 4 heteroatoms. The molecule has 1 aromatic carbocycles. The number of hydrogen-bond acceptors (Lipinski definition) is 2. The van der Waals surface area contributed by atoms with Gasteiger partial charge in [-0.15, -0.1) is 0 Å². The van der Waals surface area contributed by atoms with E-state index in [9.17, 15) is 15.0 Å². The molecule has 0 bridgehead atoms. The minimum absolute atomic E-state index is 0.0288. The van der Waals surface area contributed by atoms with Crippen molar-refractivity contribution in [2.24, 2.45) is 5.92 Å². The maximum Gasteiger partial charge on any atom is 0.311 e. The number of aromatic hydroxyl groups is 1. The summed E-state index contributed by atoms with van der Waals surface area (Å²) in [5, 5.41) is 19.1. The van der Waals surface area contributed by atoms with Gasteiger partial charge in [-0.3, -0.25) is 4.79 Å². The fourth-order valence-electron chi connectivity index (χ4n) is 1.82. The molecule has 0 aliphatic heterocycles. The van der Waals surface area contributed by atoms with Gasteiger partial charge in [-0.25, -0.2) is 0 Å². The topological polar surface area (TPSA) is 57.5 Å². The number of hydrogen-bond donors (Lipinski definition) is 2. The number of halogens is 1. The second kappa shape index (κ2) is 4.87. The van der Waals surface area contributed by atoms with E-state index in [4.69, 9.17) is 0 Å². The normalized spacial score (nSPS) is 12.8. The van der Waals surface area contributed by atoms with Crippen molar-refractivity contribution in [1.29, 1.82) is 0 Å². The quantitative estimate of drug-likeness (QED) is 0.896. The average molecular weight is 287 g/mol. The fraction of sp³-hybridized carbons (Fsp3) is 0.417. The molecular formula is C12H15BrO3. The van der Waals surface area contributed by atoms with Crippen LogP contribution in [0.25, 0.3) is 0 Å². The lowest BCUT2D eigenvalue weighted by molar-refractivity contribution is -0.139. The summed E-state index contributed by atoms with van der Waals surface area (Å²) in [7, 11) is 0. The smallest absolute Gasteiger partial charge is 0.311 e. The van der Waals surface area contributed by atoms with Gasteiger partial charge in [-0.2, -0.15) is 0 Å². The van der Waals surface area contributed by atoms with E-state index < -0.39 is 11.9 Å². The van der Waals surface area contributed by atoms with E-state index in [0.717, 1.165) is 5.56 Å². The van der Waals surface area contributed by atoms with Crippen molar-refractivity contribution in [1.82, 2.24) is 0 Å². The van der Waals surface area contributed by atoms with Crippen molar-refractivity contribution in [3.63, 3.8) is 0 Å². The summed E-state index contributed by atoms with van der Waals surface area (Å²) < 4.78 is 0.528. The van der Waals surface area contributed by atoms with E-state index in [1.54, 1.807) is 19.1 Å². The minimum Gasteiger partial charge on any atom is -0.506 e. The Balaban J connectivity index is 3.40. The number of carbonyl (C=O) groups is 1. The third-order valence-corrected chi connectivity index (χ3v) is 3.27. The fourth-order valence-corrected chi connectivity index (χ4v) is 2.16. The van der Waals surface area contributed by atoms with Gasteiger partial charge in [-0.05, 0) is 40.4 Å². The molecule has 0 saturated carbocycles. The van der Waals surface area contributed by atoms with Crippen LogP contribution in [0.1, 0.15) is 30.9 Å². The minimum atomic E-state index is -0.911. The van der Waals surface area contributed by atoms with Crippen molar-refractivity contribution < 1.29 is 15.0 Å². The van der Waals surface area contributed by atoms with E-state index in [1.807, 2.05) is 13.8 Å². The summed E-state index contributed by atoms with van der Waals surface area (Å²) >= 11 is 3.20. The lowest BCUT2D eigenvalue weighted by Gasteiger charge is -2.20. The first-order chi connectivity index (χ1) is 7.36. The van der Waals surface area contributed by atoms with Crippen molar-refractivity contribution in [3.8, 4) is 5.75 Å². The molecule has 16 heavy (non-hydrogen) atoms. The Morgan fingerprint density at radius 2 is 1.94 bits per heavy atom. The second-order valence-corrected chi connectivity index (χ2v) is 5.04. The largest absolute Gasteiger partial charge is 0.506 e. The van der Waals surface area contributed by atoms with Crippen LogP contribution in [0, 0.1) is 12.8 Å². The van der Waals surface area contributed by atoms with Crippen LogP contribution in [-0.2, 0) is 4.79 Å². The molecule has 1 rings (SSSR count). The standard InChI is InChI=1S/C12H15BrO3/c1-6(2)9(12(15)16)10-7(3)4-5-8(13)11(10)14/h4-6,9,14H,1-3H3,(H,15,16). The maximum absolute atomic E-state index is 11.2. The summed E-state index contributed by atoms with van der Waals surface area (Å²) in [5.74, 6) is -1.64. The highest BCUT2D eigenvalue weighted by Gasteiger charge is 2.28. The first kappa shape index (κ1) is 13.0. The number of aliphatic carboxylic acids is 1. The van der Waals surface area contributed by atoms with Crippen LogP contribution in [0.4, 0.5) is 0 Å². The maximum atomic E-state index is 11.2. The van der Waals surface area contributed by atoms with E-state index in [1.165, 1.54) is 0 Å². The van der Waals surface area contributed by atoms with Crippen molar-refractivity contribution in [2.45, 2.75) is 26.7 Å². The molecule has 0 aromatic heterocycles. The van der Waals surface area contributed by atoms with Gasteiger partial charge in [0.1, 0.15) is 5.75 Å². The summed E-state index contributed by atoms with van der Waals surface area (Å²) in [6.07, 6.45) is 0. The highest BCUT2D eigenvalue weighted by molar-refractivity contribution is 9.10. The first-order valence-electron chi connectivity index (χ1n) is 5.07. The molecule has 3 nitrogen and oxygen atoms in total. The molecule has 88 valence electrons. The second-order valence-electron chi connectivity index (χ2n) is 4.19. The predicted molar refractivity (Wildman–Crippen MR) is 65.8 cm³/mol. The van der Waals surface area contributed by atoms with Crippen LogP contribution in [0.3, 0.4) is 0 Å². The first-order valence-corrected chi connectivity index (χ1v) is 5.86. The van der Waals surface area contributed by atoms with E-state index in [2.05, 4.69) is 15.9 Å². The number of rotatable bonds is 3. The Bertz CT molecular complexity index is 413. The van der Waals surface area contributed by atoms with Gasteiger partial charge in [0.2, 0.25) is 0 Å². The van der Waals surface area contributed by atoms with Crippen LogP contribution in [0.15, 0.2) is 16.6 Å². The molecule has 0 spiro atoms. The lowest BCUT2D eigenvalue weighted by atomic mass is 9.85. The molecule has 0 aliphatic carbocycles. The SMILES string of the molecule is Cc1ccc(Br)c(O)c1C(C(=O)O)C(C)C. The Kier molecular flexibility index (Phi) is 3.97. The molecule has 0 fully saturated rings. The van der Waals surface area contributed by atoms with Crippen LogP contribution in [0.2, 0.25) is 0 Å². The Morgan fingerprint density at radius 3 is 2.38 bits per heavy atom. The number of carboxylic acids is 1. The zero-order chi connectivity index (χ0) is 12.5. The van der Waals surface area contributed by atoms with Crippen LogP contribution < -0.4 is 0 Å². The highest BCUT2D eigenvalue weighted by atomic mass is 79.9. The van der Waals surface area contributed by atoms with Gasteiger partial charge in [0.15, 0.2) is 0 Å². The molecule has 0 amide bonds. The molecule has 1 unspecified atom stereocenters. The third-order valence-electron chi connectivity index (χ3n) is 2.63. The van der Waals surface area contributed by atoms with E-state index >= 15 is 0 Å². The summed E-state index contributed by atoms with van der Waals surface area (Å²) in [5.41, 5.74) is 1.29. The van der Waals surface area contributed by atoms with Crippen LogP contribution in [0.5, 0.6) is 5.75 Å². The predicted octanol–water partition coefficient (Wildman–Crippen LogP) is 3.29. The average Bonchev–Trinajstić information content (AvgIpc) is 2.17. The van der Waals surface area contributed by atoms with Gasteiger partial charge in [0.05, 0.1) is 10.4 Å². The summed E-state index contributed by atoms with van der Waals surface area (Å²) in [6, 6.07) is 3.52. The highest BCUT2D eigenvalue weighted by Crippen LogP contribution is 2.38. The molecule has 0 heterocycles. The monoisotopic (exact) mass is 286 g/mol. The van der Waals surface area contributed by atoms with Crippen LogP contribution >= 0.6 is 15.9 Å². The molecule has 1 aromatic rings.